The van der Waals surface area contributed by atoms with Gasteiger partial charge in [-0.1, -0.05) is 60.1 Å². The van der Waals surface area contributed by atoms with Gasteiger partial charge in [-0.3, -0.25) is 24.3 Å². The Balaban J connectivity index is 1.48. The van der Waals surface area contributed by atoms with Crippen molar-refractivity contribution in [2.75, 3.05) is 24.7 Å². The van der Waals surface area contributed by atoms with E-state index in [2.05, 4.69) is 44.5 Å². The molecule has 1 spiro atoms. The number of likely N-dealkylation sites (tertiary alicyclic amines) is 1. The highest BCUT2D eigenvalue weighted by atomic mass is 35.5. The van der Waals surface area contributed by atoms with E-state index in [9.17, 15) is 9.59 Å². The zero-order chi connectivity index (χ0) is 22.3. The normalized spacial score (nSPS) is 19.3. The molecular formula is C24H26ClN5O2. The largest absolute Gasteiger partial charge is 0.339 e. The van der Waals surface area contributed by atoms with Gasteiger partial charge in [0.25, 0.3) is 5.56 Å². The minimum Gasteiger partial charge on any atom is -0.339 e. The molecule has 1 unspecified atom stereocenters. The molecule has 32 heavy (non-hydrogen) atoms. The number of aromatic amines is 1. The molecule has 8 heteroatoms. The lowest BCUT2D eigenvalue weighted by Gasteiger charge is -2.45. The Morgan fingerprint density at radius 2 is 1.59 bits per heavy atom. The summed E-state index contributed by atoms with van der Waals surface area (Å²) in [5, 5.41) is 6.05. The van der Waals surface area contributed by atoms with Crippen LogP contribution in [0.4, 0.5) is 5.69 Å². The molecule has 0 bridgehead atoms. The van der Waals surface area contributed by atoms with Crippen molar-refractivity contribution in [1.29, 1.82) is 0 Å². The highest BCUT2D eigenvalue weighted by Crippen LogP contribution is 2.40. The van der Waals surface area contributed by atoms with Gasteiger partial charge in [-0.15, -0.1) is 0 Å². The number of halogens is 1. The van der Waals surface area contributed by atoms with Crippen LogP contribution in [-0.4, -0.2) is 45.9 Å². The second-order valence-corrected chi connectivity index (χ2v) is 8.89. The van der Waals surface area contributed by atoms with E-state index in [0.717, 1.165) is 16.9 Å². The van der Waals surface area contributed by atoms with Gasteiger partial charge in [-0.25, -0.2) is 0 Å². The Labute approximate surface area is 191 Å². The van der Waals surface area contributed by atoms with Gasteiger partial charge >= 0.3 is 0 Å². The van der Waals surface area contributed by atoms with Crippen LogP contribution < -0.4 is 15.8 Å². The van der Waals surface area contributed by atoms with E-state index < -0.39 is 5.54 Å². The molecule has 2 N–H and O–H groups in total. The first-order valence-electron chi connectivity index (χ1n) is 10.9. The molecule has 7 nitrogen and oxygen atoms in total. The van der Waals surface area contributed by atoms with Crippen molar-refractivity contribution >= 4 is 23.2 Å². The summed E-state index contributed by atoms with van der Waals surface area (Å²) in [6.45, 7) is 1.92. The summed E-state index contributed by atoms with van der Waals surface area (Å²) in [5.74, 6) is 0.0874. The summed E-state index contributed by atoms with van der Waals surface area (Å²) >= 11 is 6.46. The number of hydrogen-bond acceptors (Lipinski definition) is 4. The summed E-state index contributed by atoms with van der Waals surface area (Å²) in [7, 11) is 1.81. The van der Waals surface area contributed by atoms with Gasteiger partial charge in [-0.2, -0.15) is 0 Å². The summed E-state index contributed by atoms with van der Waals surface area (Å²) in [5.41, 5.74) is 2.01. The van der Waals surface area contributed by atoms with E-state index in [1.807, 2.05) is 43.4 Å². The van der Waals surface area contributed by atoms with Gasteiger partial charge < -0.3 is 10.2 Å². The van der Waals surface area contributed by atoms with Gasteiger partial charge in [0.15, 0.2) is 0 Å². The molecule has 2 aromatic carbocycles. The summed E-state index contributed by atoms with van der Waals surface area (Å²) in [6.07, 6.45) is 1.38. The van der Waals surface area contributed by atoms with E-state index in [1.165, 1.54) is 0 Å². The first-order chi connectivity index (χ1) is 15.5. The Hall–Kier alpha value is -3.03. The van der Waals surface area contributed by atoms with Gasteiger partial charge in [0.2, 0.25) is 5.91 Å². The number of aromatic nitrogens is 2. The van der Waals surface area contributed by atoms with Crippen LogP contribution in [-0.2, 0) is 11.8 Å². The van der Waals surface area contributed by atoms with Crippen LogP contribution in [0.25, 0.3) is 0 Å². The van der Waals surface area contributed by atoms with Crippen molar-refractivity contribution in [2.24, 2.45) is 7.05 Å². The summed E-state index contributed by atoms with van der Waals surface area (Å²) in [6, 6.07) is 20.0. The number of H-pyrrole nitrogens is 1. The fourth-order valence-corrected chi connectivity index (χ4v) is 5.46. The quantitative estimate of drug-likeness (QED) is 0.639. The van der Waals surface area contributed by atoms with Crippen molar-refractivity contribution in [3.8, 4) is 0 Å². The predicted octanol–water partition coefficient (Wildman–Crippen LogP) is 2.88. The predicted molar refractivity (Wildman–Crippen MR) is 125 cm³/mol. The third-order valence-corrected chi connectivity index (χ3v) is 7.19. The van der Waals surface area contributed by atoms with E-state index in [4.69, 9.17) is 11.6 Å². The van der Waals surface area contributed by atoms with Crippen molar-refractivity contribution in [3.05, 3.63) is 87.3 Å². The van der Waals surface area contributed by atoms with Crippen LogP contribution in [0.2, 0.25) is 5.02 Å². The molecule has 0 saturated carbocycles. The van der Waals surface area contributed by atoms with Gasteiger partial charge in [-0.05, 0) is 30.5 Å². The molecule has 2 saturated heterocycles. The zero-order valence-electron chi connectivity index (χ0n) is 17.9. The Morgan fingerprint density at radius 1 is 0.969 bits per heavy atom. The van der Waals surface area contributed by atoms with Crippen molar-refractivity contribution in [3.63, 3.8) is 0 Å². The molecule has 1 amide bonds. The lowest BCUT2D eigenvalue weighted by molar-refractivity contribution is -0.125. The number of piperidine rings is 1. The molecule has 2 fully saturated rings. The van der Waals surface area contributed by atoms with Crippen molar-refractivity contribution < 1.29 is 4.79 Å². The summed E-state index contributed by atoms with van der Waals surface area (Å²) < 4.78 is 1.71. The standard InChI is InChI=1S/C24H26ClN5O2/c1-28-21(19(25)22(31)27-28)20(17-8-4-2-5-9-17)29-14-12-24(13-15-29)23(32)26-16-30(24)18-10-6-3-7-11-18/h2-11,20H,12-16H2,1H3,(H,26,32)(H,27,31). The number of benzene rings is 2. The molecule has 2 aliphatic heterocycles. The average molecular weight is 452 g/mol. The van der Waals surface area contributed by atoms with E-state index in [0.29, 0.717) is 32.6 Å². The van der Waals surface area contributed by atoms with Crippen molar-refractivity contribution in [2.45, 2.75) is 24.4 Å². The molecule has 0 radical (unpaired) electrons. The van der Waals surface area contributed by atoms with E-state index >= 15 is 0 Å². The first kappa shape index (κ1) is 20.8. The smallest absolute Gasteiger partial charge is 0.283 e. The number of nitrogens with one attached hydrogen (secondary N) is 2. The average Bonchev–Trinajstić information content (AvgIpc) is 3.26. The van der Waals surface area contributed by atoms with Crippen LogP contribution in [0, 0.1) is 0 Å². The van der Waals surface area contributed by atoms with E-state index in [1.54, 1.807) is 4.68 Å². The van der Waals surface area contributed by atoms with Crippen LogP contribution in [0.5, 0.6) is 0 Å². The minimum absolute atomic E-state index is 0.0874. The highest BCUT2D eigenvalue weighted by molar-refractivity contribution is 6.31. The fourth-order valence-electron chi connectivity index (χ4n) is 5.19. The topological polar surface area (TPSA) is 73.4 Å². The van der Waals surface area contributed by atoms with Crippen LogP contribution in [0.1, 0.15) is 30.1 Å². The molecule has 2 aliphatic rings. The molecule has 1 aromatic heterocycles. The molecule has 1 atom stereocenters. The number of carbonyl (C=O) groups excluding carboxylic acids is 1. The second kappa shape index (κ2) is 8.15. The molecule has 3 heterocycles. The van der Waals surface area contributed by atoms with Crippen LogP contribution >= 0.6 is 11.6 Å². The Kier molecular flexibility index (Phi) is 5.31. The number of para-hydroxylation sites is 1. The maximum absolute atomic E-state index is 13.0. The van der Waals surface area contributed by atoms with Gasteiger partial charge in [0.1, 0.15) is 10.6 Å². The van der Waals surface area contributed by atoms with Crippen LogP contribution in [0.3, 0.4) is 0 Å². The number of carbonyl (C=O) groups is 1. The lowest BCUT2D eigenvalue weighted by Crippen LogP contribution is -2.57. The van der Waals surface area contributed by atoms with Crippen LogP contribution in [0.15, 0.2) is 65.5 Å². The number of amides is 1. The maximum Gasteiger partial charge on any atom is 0.283 e. The lowest BCUT2D eigenvalue weighted by atomic mass is 9.84. The number of rotatable bonds is 4. The first-order valence-corrected chi connectivity index (χ1v) is 11.2. The Bertz CT molecular complexity index is 1170. The van der Waals surface area contributed by atoms with Crippen molar-refractivity contribution in [1.82, 2.24) is 20.0 Å². The van der Waals surface area contributed by atoms with Gasteiger partial charge in [0, 0.05) is 25.8 Å². The molecule has 5 rings (SSSR count). The number of hydrogen-bond donors (Lipinski definition) is 2. The monoisotopic (exact) mass is 451 g/mol. The maximum atomic E-state index is 13.0. The SMILES string of the molecule is Cn1[nH]c(=O)c(Cl)c1C(c1ccccc1)N1CCC2(CC1)C(=O)NCN2c1ccccc1. The van der Waals surface area contributed by atoms with E-state index in [-0.39, 0.29) is 22.5 Å². The third-order valence-electron chi connectivity index (χ3n) is 6.82. The molecule has 0 aliphatic carbocycles. The summed E-state index contributed by atoms with van der Waals surface area (Å²) in [4.78, 5) is 29.8. The zero-order valence-corrected chi connectivity index (χ0v) is 18.7. The molecular weight excluding hydrogens is 426 g/mol. The highest BCUT2D eigenvalue weighted by Gasteiger charge is 2.51. The number of aryl methyl sites for hydroxylation is 1. The fraction of sp³-hybridized carbons (Fsp3) is 0.333. The Morgan fingerprint density at radius 3 is 2.19 bits per heavy atom. The molecule has 3 aromatic rings. The number of anilines is 1. The third kappa shape index (κ3) is 3.32. The minimum atomic E-state index is -0.563. The van der Waals surface area contributed by atoms with Gasteiger partial charge in [0.05, 0.1) is 18.4 Å². The number of nitrogens with zero attached hydrogens (tertiary/aromatic N) is 3. The molecule has 166 valence electrons. The second-order valence-electron chi connectivity index (χ2n) is 8.51.